The minimum atomic E-state index is -0.744. The lowest BCUT2D eigenvalue weighted by molar-refractivity contribution is -0.105. The molecule has 0 saturated heterocycles. The number of aromatic hydroxyl groups is 2. The van der Waals surface area contributed by atoms with E-state index >= 15 is 0 Å². The van der Waals surface area contributed by atoms with Crippen molar-refractivity contribution in [1.29, 1.82) is 0 Å². The van der Waals surface area contributed by atoms with Crippen LogP contribution in [-0.2, 0) is 17.6 Å². The topological polar surface area (TPSA) is 210 Å². The van der Waals surface area contributed by atoms with Crippen molar-refractivity contribution in [3.63, 3.8) is 0 Å². The minimum Gasteiger partial charge on any atom is -0.506 e. The molecule has 4 atom stereocenters. The first-order valence-corrected chi connectivity index (χ1v) is 15.7. The lowest BCUT2D eigenvalue weighted by atomic mass is 10.1. The van der Waals surface area contributed by atoms with E-state index in [2.05, 4.69) is 22.9 Å². The second-order valence-corrected chi connectivity index (χ2v) is 11.6. The number of nitrogen functional groups attached to an aromatic ring is 1. The monoisotopic (exact) mass is 678 g/mol. The number of phenolic OH excluding ortho intramolecular Hbond substituents is 2. The van der Waals surface area contributed by atoms with E-state index in [4.69, 9.17) is 15.2 Å². The highest BCUT2D eigenvalue weighted by Crippen LogP contribution is 2.27. The van der Waals surface area contributed by atoms with Crippen LogP contribution in [0.15, 0.2) is 84.9 Å². The number of amides is 1. The third kappa shape index (κ3) is 13.3. The molecule has 11 N–H and O–H groups in total. The van der Waals surface area contributed by atoms with Gasteiger partial charge in [0, 0.05) is 25.2 Å². The average molecular weight is 679 g/mol. The van der Waals surface area contributed by atoms with Crippen LogP contribution in [0, 0.1) is 0 Å². The molecule has 12 heteroatoms. The maximum absolute atomic E-state index is 10.5. The number of nitrogens with two attached hydrogens (primary N) is 1. The van der Waals surface area contributed by atoms with Gasteiger partial charge in [-0.1, -0.05) is 36.4 Å². The van der Waals surface area contributed by atoms with Crippen LogP contribution in [0.5, 0.6) is 23.0 Å². The molecule has 0 aromatic heterocycles. The molecular weight excluding hydrogens is 628 g/mol. The first kappa shape index (κ1) is 40.3. The number of aliphatic hydroxyl groups excluding tert-OH is 2. The number of methoxy groups -OCH3 is 2. The molecule has 4 rings (SSSR count). The normalized spacial score (nSPS) is 13.0. The van der Waals surface area contributed by atoms with Crippen molar-refractivity contribution in [3.05, 3.63) is 107 Å². The quantitative estimate of drug-likeness (QED) is 0.0490. The standard InChI is InChI=1S/C19H24N2O4.C18H24N2O3.H2O/c1-13(9-14-3-6-16(25-2)7-4-14)20-11-19(24)15-5-8-18(23)17(10-15)21-12-22;1-12(9-13-3-6-15(23-2)7-4-13)20-11-18(22)14-5-8-17(21)16(19)10-14;/h3-8,10,12-13,19-20,23-24H,9,11H2,1-2H3,(H,21,22);3-8,10,12,18,20-22H,9,11,19H2,1-2H3;1H2/t13-,19+;12-,18+;/m11./s1. The Labute approximate surface area is 287 Å². The number of rotatable bonds is 16. The summed E-state index contributed by atoms with van der Waals surface area (Å²) in [4.78, 5) is 10.5. The lowest BCUT2D eigenvalue weighted by Gasteiger charge is -2.18. The second-order valence-electron chi connectivity index (χ2n) is 11.6. The van der Waals surface area contributed by atoms with Crippen molar-refractivity contribution in [2.45, 2.75) is 51.0 Å². The molecule has 0 aliphatic heterocycles. The Balaban J connectivity index is 0.000000334. The van der Waals surface area contributed by atoms with Gasteiger partial charge in [0.05, 0.1) is 37.8 Å². The number of anilines is 2. The summed E-state index contributed by atoms with van der Waals surface area (Å²) in [5.41, 5.74) is 9.88. The summed E-state index contributed by atoms with van der Waals surface area (Å²) < 4.78 is 10.3. The number of benzene rings is 4. The summed E-state index contributed by atoms with van der Waals surface area (Å²) in [7, 11) is 3.29. The summed E-state index contributed by atoms with van der Waals surface area (Å²) in [5, 5.41) is 48.6. The fourth-order valence-electron chi connectivity index (χ4n) is 4.96. The van der Waals surface area contributed by atoms with E-state index in [0.717, 1.165) is 24.3 Å². The average Bonchev–Trinajstić information content (AvgIpc) is 3.09. The number of hydrogen-bond acceptors (Lipinski definition) is 10. The van der Waals surface area contributed by atoms with Crippen molar-refractivity contribution in [3.8, 4) is 23.0 Å². The molecule has 4 aromatic rings. The largest absolute Gasteiger partial charge is 0.506 e. The number of phenols is 2. The van der Waals surface area contributed by atoms with Crippen molar-refractivity contribution >= 4 is 17.8 Å². The summed E-state index contributed by atoms with van der Waals surface area (Å²) in [6.45, 7) is 4.90. The summed E-state index contributed by atoms with van der Waals surface area (Å²) >= 11 is 0. The molecule has 0 fully saturated rings. The minimum absolute atomic E-state index is 0. The molecule has 0 heterocycles. The number of hydrogen-bond donors (Lipinski definition) is 8. The third-order valence-corrected chi connectivity index (χ3v) is 7.78. The second kappa shape index (κ2) is 20.5. The zero-order valence-electron chi connectivity index (χ0n) is 28.4. The fourth-order valence-corrected chi connectivity index (χ4v) is 4.96. The SMILES string of the molecule is COc1ccc(C[C@@H](C)NC[C@H](O)c2ccc(O)c(N)c2)cc1.COc1ccc(C[C@@H](C)NC[C@H](O)c2ccc(O)c(NC=O)c2)cc1.O. The van der Waals surface area contributed by atoms with E-state index in [1.807, 2.05) is 55.5 Å². The van der Waals surface area contributed by atoms with Crippen molar-refractivity contribution < 1.29 is 40.2 Å². The fraction of sp³-hybridized carbons (Fsp3) is 0.324. The smallest absolute Gasteiger partial charge is 0.211 e. The highest BCUT2D eigenvalue weighted by Gasteiger charge is 2.13. The van der Waals surface area contributed by atoms with Gasteiger partial charge < -0.3 is 57.1 Å². The van der Waals surface area contributed by atoms with Crippen LogP contribution in [0.1, 0.15) is 48.3 Å². The highest BCUT2D eigenvalue weighted by molar-refractivity contribution is 5.75. The molecule has 0 radical (unpaired) electrons. The number of ether oxygens (including phenoxy) is 2. The zero-order chi connectivity index (χ0) is 35.1. The van der Waals surface area contributed by atoms with Crippen LogP contribution in [0.2, 0.25) is 0 Å². The first-order chi connectivity index (χ1) is 23.0. The Morgan fingerprint density at radius 3 is 1.53 bits per heavy atom. The molecule has 0 bridgehead atoms. The number of carbonyl (C=O) groups excluding carboxylic acids is 1. The summed E-state index contributed by atoms with van der Waals surface area (Å²) in [6, 6.07) is 25.6. The van der Waals surface area contributed by atoms with Gasteiger partial charge in [-0.2, -0.15) is 0 Å². The van der Waals surface area contributed by atoms with Gasteiger partial charge in [-0.15, -0.1) is 0 Å². The van der Waals surface area contributed by atoms with Crippen LogP contribution in [0.3, 0.4) is 0 Å². The van der Waals surface area contributed by atoms with Crippen LogP contribution in [-0.4, -0.2) is 71.7 Å². The lowest BCUT2D eigenvalue weighted by Crippen LogP contribution is -2.32. The van der Waals surface area contributed by atoms with Gasteiger partial charge in [-0.3, -0.25) is 4.79 Å². The Morgan fingerprint density at radius 2 is 1.12 bits per heavy atom. The Morgan fingerprint density at radius 1 is 0.694 bits per heavy atom. The van der Waals surface area contributed by atoms with E-state index in [1.165, 1.54) is 23.3 Å². The number of aliphatic hydroxyl groups is 2. The molecule has 0 aliphatic carbocycles. The molecule has 49 heavy (non-hydrogen) atoms. The predicted molar refractivity (Wildman–Crippen MR) is 192 cm³/mol. The van der Waals surface area contributed by atoms with Gasteiger partial charge in [-0.05, 0) is 97.5 Å². The predicted octanol–water partition coefficient (Wildman–Crippen LogP) is 3.64. The van der Waals surface area contributed by atoms with Gasteiger partial charge >= 0.3 is 0 Å². The Bertz CT molecular complexity index is 1550. The summed E-state index contributed by atoms with van der Waals surface area (Å²) in [6.07, 6.45) is 0.751. The first-order valence-electron chi connectivity index (χ1n) is 15.7. The highest BCUT2D eigenvalue weighted by atomic mass is 16.5. The van der Waals surface area contributed by atoms with E-state index in [-0.39, 0.29) is 40.4 Å². The maximum Gasteiger partial charge on any atom is 0.211 e. The van der Waals surface area contributed by atoms with Crippen LogP contribution >= 0.6 is 0 Å². The molecule has 12 nitrogen and oxygen atoms in total. The molecule has 0 unspecified atom stereocenters. The van der Waals surface area contributed by atoms with E-state index < -0.39 is 12.2 Å². The van der Waals surface area contributed by atoms with Crippen molar-refractivity contribution in [2.24, 2.45) is 0 Å². The molecule has 1 amide bonds. The molecule has 0 aliphatic rings. The third-order valence-electron chi connectivity index (χ3n) is 7.78. The molecular formula is C37H50N4O8. The molecule has 4 aromatic carbocycles. The van der Waals surface area contributed by atoms with Gasteiger partial charge in [0.15, 0.2) is 0 Å². The maximum atomic E-state index is 10.5. The van der Waals surface area contributed by atoms with E-state index in [0.29, 0.717) is 30.6 Å². The molecule has 266 valence electrons. The Kier molecular flexibility index (Phi) is 16.9. The molecule has 0 saturated carbocycles. The Hall–Kier alpha value is -4.85. The van der Waals surface area contributed by atoms with Crippen LogP contribution in [0.25, 0.3) is 0 Å². The number of carbonyl (C=O) groups is 1. The number of nitrogens with one attached hydrogen (secondary N) is 3. The van der Waals surface area contributed by atoms with Gasteiger partial charge in [0.2, 0.25) is 6.41 Å². The summed E-state index contributed by atoms with van der Waals surface area (Å²) in [5.74, 6) is 1.66. The van der Waals surface area contributed by atoms with E-state index in [9.17, 15) is 25.2 Å². The van der Waals surface area contributed by atoms with Gasteiger partial charge in [0.1, 0.15) is 23.0 Å². The van der Waals surface area contributed by atoms with Gasteiger partial charge in [0.25, 0.3) is 0 Å². The van der Waals surface area contributed by atoms with E-state index in [1.54, 1.807) is 38.5 Å². The van der Waals surface area contributed by atoms with Crippen LogP contribution in [0.4, 0.5) is 11.4 Å². The van der Waals surface area contributed by atoms with Crippen molar-refractivity contribution in [2.75, 3.05) is 38.4 Å². The zero-order valence-corrected chi connectivity index (χ0v) is 28.4. The van der Waals surface area contributed by atoms with Crippen molar-refractivity contribution in [1.82, 2.24) is 10.6 Å². The molecule has 0 spiro atoms. The van der Waals surface area contributed by atoms with Gasteiger partial charge in [-0.25, -0.2) is 0 Å². The van der Waals surface area contributed by atoms with Crippen LogP contribution < -0.4 is 31.2 Å².